The first-order valence-electron chi connectivity index (χ1n) is 6.67. The molecule has 0 fully saturated rings. The van der Waals surface area contributed by atoms with Gasteiger partial charge in [0.25, 0.3) is 0 Å². The van der Waals surface area contributed by atoms with Gasteiger partial charge in [0.1, 0.15) is 6.33 Å². The smallest absolute Gasteiger partial charge is 0.217 e. The van der Waals surface area contributed by atoms with E-state index in [-0.39, 0.29) is 5.54 Å². The molecule has 0 saturated carbocycles. The first-order chi connectivity index (χ1) is 10.0. The predicted octanol–water partition coefficient (Wildman–Crippen LogP) is 2.49. The Morgan fingerprint density at radius 3 is 2.76 bits per heavy atom. The molecule has 0 aliphatic rings. The van der Waals surface area contributed by atoms with Gasteiger partial charge in [-0.25, -0.2) is 14.5 Å². The van der Waals surface area contributed by atoms with Gasteiger partial charge < -0.3 is 4.42 Å². The van der Waals surface area contributed by atoms with Crippen molar-refractivity contribution in [2.24, 2.45) is 0 Å². The summed E-state index contributed by atoms with van der Waals surface area (Å²) in [5.74, 6) is 1.17. The normalized spacial score (nSPS) is 12.5. The molecular formula is C14H14N6O. The van der Waals surface area contributed by atoms with Crippen LogP contribution in [-0.2, 0) is 5.54 Å². The minimum Gasteiger partial charge on any atom is -0.461 e. The average molecular weight is 282 g/mol. The Balaban J connectivity index is 1.98. The standard InChI is InChI=1S/C14H14N6O/c1-14(2,3)20-7-9-11(18-20)15-8-19-13(9)16-12(17-19)10-5-4-6-21-10/h4-8H,1-3H3. The van der Waals surface area contributed by atoms with Crippen LogP contribution in [-0.4, -0.2) is 29.4 Å². The zero-order chi connectivity index (χ0) is 14.6. The van der Waals surface area contributed by atoms with Crippen LogP contribution in [0.25, 0.3) is 28.3 Å². The van der Waals surface area contributed by atoms with E-state index < -0.39 is 0 Å². The highest BCUT2D eigenvalue weighted by atomic mass is 16.3. The van der Waals surface area contributed by atoms with Gasteiger partial charge in [0.05, 0.1) is 17.2 Å². The maximum absolute atomic E-state index is 5.34. The van der Waals surface area contributed by atoms with Crippen molar-refractivity contribution < 1.29 is 4.42 Å². The molecule has 4 aromatic rings. The van der Waals surface area contributed by atoms with Crippen molar-refractivity contribution in [2.45, 2.75) is 26.3 Å². The summed E-state index contributed by atoms with van der Waals surface area (Å²) in [7, 11) is 0. The minimum absolute atomic E-state index is 0.110. The second-order valence-electron chi connectivity index (χ2n) is 5.91. The fourth-order valence-corrected chi connectivity index (χ4v) is 2.17. The van der Waals surface area contributed by atoms with Gasteiger partial charge >= 0.3 is 0 Å². The maximum Gasteiger partial charge on any atom is 0.217 e. The van der Waals surface area contributed by atoms with E-state index in [0.29, 0.717) is 17.2 Å². The summed E-state index contributed by atoms with van der Waals surface area (Å²) in [6.45, 7) is 6.27. The summed E-state index contributed by atoms with van der Waals surface area (Å²) < 4.78 is 8.88. The molecule has 4 rings (SSSR count). The molecule has 0 unspecified atom stereocenters. The lowest BCUT2D eigenvalue weighted by Crippen LogP contribution is -2.21. The molecule has 7 heteroatoms. The van der Waals surface area contributed by atoms with Crippen molar-refractivity contribution in [1.29, 1.82) is 0 Å². The molecule has 0 saturated heterocycles. The lowest BCUT2D eigenvalue weighted by molar-refractivity contribution is 0.358. The van der Waals surface area contributed by atoms with Crippen molar-refractivity contribution in [3.8, 4) is 11.6 Å². The highest BCUT2D eigenvalue weighted by Gasteiger charge is 2.18. The number of nitrogens with zero attached hydrogens (tertiary/aromatic N) is 6. The zero-order valence-corrected chi connectivity index (χ0v) is 12.0. The maximum atomic E-state index is 5.34. The Hall–Kier alpha value is -2.70. The van der Waals surface area contributed by atoms with E-state index in [1.807, 2.05) is 23.0 Å². The molecule has 4 heterocycles. The minimum atomic E-state index is -0.110. The molecule has 0 aromatic carbocycles. The fraction of sp³-hybridized carbons (Fsp3) is 0.286. The summed E-state index contributed by atoms with van der Waals surface area (Å²) >= 11 is 0. The van der Waals surface area contributed by atoms with Crippen molar-refractivity contribution >= 4 is 16.7 Å². The molecular weight excluding hydrogens is 268 g/mol. The van der Waals surface area contributed by atoms with Gasteiger partial charge in [-0.1, -0.05) is 0 Å². The third-order valence-electron chi connectivity index (χ3n) is 3.29. The highest BCUT2D eigenvalue weighted by molar-refractivity contribution is 5.88. The summed E-state index contributed by atoms with van der Waals surface area (Å²) in [6, 6.07) is 3.64. The first-order valence-corrected chi connectivity index (χ1v) is 6.67. The van der Waals surface area contributed by atoms with Crippen molar-refractivity contribution in [1.82, 2.24) is 29.4 Å². The van der Waals surface area contributed by atoms with Crippen molar-refractivity contribution in [2.75, 3.05) is 0 Å². The van der Waals surface area contributed by atoms with Crippen LogP contribution >= 0.6 is 0 Å². The lowest BCUT2D eigenvalue weighted by Gasteiger charge is -2.18. The Bertz CT molecular complexity index is 926. The molecule has 0 aliphatic heterocycles. The molecule has 106 valence electrons. The summed E-state index contributed by atoms with van der Waals surface area (Å²) in [6.07, 6.45) is 5.18. The SMILES string of the molecule is CC(C)(C)n1cc2c(ncn3nc(-c4ccco4)nc23)n1. The van der Waals surface area contributed by atoms with Gasteiger partial charge in [0.15, 0.2) is 17.1 Å². The predicted molar refractivity (Wildman–Crippen MR) is 76.8 cm³/mol. The monoisotopic (exact) mass is 282 g/mol. The summed E-state index contributed by atoms with van der Waals surface area (Å²) in [4.78, 5) is 8.88. The molecule has 4 aromatic heterocycles. The number of aromatic nitrogens is 6. The largest absolute Gasteiger partial charge is 0.461 e. The van der Waals surface area contributed by atoms with Gasteiger partial charge in [-0.05, 0) is 32.9 Å². The second kappa shape index (κ2) is 3.91. The van der Waals surface area contributed by atoms with Gasteiger partial charge in [-0.3, -0.25) is 4.68 Å². The molecule has 7 nitrogen and oxygen atoms in total. The van der Waals surface area contributed by atoms with Gasteiger partial charge in [-0.2, -0.15) is 5.10 Å². The molecule has 0 spiro atoms. The number of hydrogen-bond acceptors (Lipinski definition) is 5. The Kier molecular flexibility index (Phi) is 2.25. The number of hydrogen-bond donors (Lipinski definition) is 0. The van der Waals surface area contributed by atoms with Gasteiger partial charge in [-0.15, -0.1) is 5.10 Å². The van der Waals surface area contributed by atoms with Gasteiger partial charge in [0.2, 0.25) is 5.82 Å². The lowest BCUT2D eigenvalue weighted by atomic mass is 10.1. The zero-order valence-electron chi connectivity index (χ0n) is 12.0. The Morgan fingerprint density at radius 1 is 1.19 bits per heavy atom. The number of fused-ring (bicyclic) bond motifs is 3. The molecule has 0 atom stereocenters. The highest BCUT2D eigenvalue weighted by Crippen LogP contribution is 2.23. The topological polar surface area (TPSA) is 74.0 Å². The first kappa shape index (κ1) is 12.1. The van der Waals surface area contributed by atoms with Crippen LogP contribution in [0.15, 0.2) is 35.3 Å². The van der Waals surface area contributed by atoms with E-state index in [0.717, 1.165) is 11.0 Å². The van der Waals surface area contributed by atoms with Crippen LogP contribution in [0.2, 0.25) is 0 Å². The van der Waals surface area contributed by atoms with E-state index in [9.17, 15) is 0 Å². The molecule has 0 bridgehead atoms. The van der Waals surface area contributed by atoms with Crippen LogP contribution in [0.5, 0.6) is 0 Å². The summed E-state index contributed by atoms with van der Waals surface area (Å²) in [5, 5.41) is 9.77. The third kappa shape index (κ3) is 1.81. The van der Waals surface area contributed by atoms with Crippen molar-refractivity contribution in [3.63, 3.8) is 0 Å². The van der Waals surface area contributed by atoms with Crippen molar-refractivity contribution in [3.05, 3.63) is 30.9 Å². The molecule has 0 amide bonds. The van der Waals surface area contributed by atoms with Crippen LogP contribution in [0.3, 0.4) is 0 Å². The number of rotatable bonds is 1. The molecule has 0 radical (unpaired) electrons. The van der Waals surface area contributed by atoms with E-state index in [1.54, 1.807) is 17.1 Å². The second-order valence-corrected chi connectivity index (χ2v) is 5.91. The molecule has 21 heavy (non-hydrogen) atoms. The quantitative estimate of drug-likeness (QED) is 0.536. The van der Waals surface area contributed by atoms with Gasteiger partial charge in [0, 0.05) is 6.20 Å². The van der Waals surface area contributed by atoms with Crippen LogP contribution in [0.1, 0.15) is 20.8 Å². The van der Waals surface area contributed by atoms with E-state index in [4.69, 9.17) is 4.42 Å². The van der Waals surface area contributed by atoms with E-state index >= 15 is 0 Å². The van der Waals surface area contributed by atoms with Crippen LogP contribution in [0.4, 0.5) is 0 Å². The average Bonchev–Trinajstić information content (AvgIpc) is 3.15. The van der Waals surface area contributed by atoms with Crippen LogP contribution in [0, 0.1) is 0 Å². The summed E-state index contributed by atoms with van der Waals surface area (Å²) in [5.41, 5.74) is 1.28. The molecule has 0 aliphatic carbocycles. The van der Waals surface area contributed by atoms with E-state index in [1.165, 1.54) is 0 Å². The number of furan rings is 1. The Labute approximate surface area is 120 Å². The Morgan fingerprint density at radius 2 is 2.05 bits per heavy atom. The third-order valence-corrected chi connectivity index (χ3v) is 3.29. The molecule has 0 N–H and O–H groups in total. The fourth-order valence-electron chi connectivity index (χ4n) is 2.17. The van der Waals surface area contributed by atoms with E-state index in [2.05, 4.69) is 40.9 Å². The van der Waals surface area contributed by atoms with Crippen LogP contribution < -0.4 is 0 Å².